The van der Waals surface area contributed by atoms with E-state index in [0.717, 1.165) is 48.2 Å². The Hall–Kier alpha value is -3.18. The maximum absolute atomic E-state index is 14.5. The highest BCUT2D eigenvalue weighted by molar-refractivity contribution is 7.98. The number of nitrogens with one attached hydrogen (secondary N) is 3. The van der Waals surface area contributed by atoms with E-state index < -0.39 is 0 Å². The molecule has 3 aromatic heterocycles. The number of H-pyrrole nitrogens is 1. The third kappa shape index (κ3) is 3.51. The summed E-state index contributed by atoms with van der Waals surface area (Å²) in [5.41, 5.74) is 2.04. The minimum absolute atomic E-state index is 0.195. The molecule has 11 heteroatoms. The fourth-order valence-corrected chi connectivity index (χ4v) is 5.20. The van der Waals surface area contributed by atoms with E-state index in [1.807, 2.05) is 6.26 Å². The van der Waals surface area contributed by atoms with Gasteiger partial charge in [0.2, 0.25) is 0 Å². The molecule has 0 radical (unpaired) electrons. The van der Waals surface area contributed by atoms with Gasteiger partial charge in [-0.1, -0.05) is 11.8 Å². The Bertz CT molecular complexity index is 1330. The van der Waals surface area contributed by atoms with Crippen molar-refractivity contribution in [2.75, 3.05) is 43.2 Å². The number of rotatable bonds is 5. The van der Waals surface area contributed by atoms with E-state index in [-0.39, 0.29) is 11.8 Å². The SMILES string of the molecule is CNc1cc(F)cc2c1[nH]c1nc(Oc3cnc(SC)nc3)nc(N3CC4CCNC4C3)c12. The number of fused-ring (bicyclic) bond motifs is 4. The van der Waals surface area contributed by atoms with Crippen LogP contribution in [0.25, 0.3) is 21.9 Å². The number of ether oxygens (including phenoxy) is 1. The van der Waals surface area contributed by atoms with E-state index in [2.05, 4.69) is 35.5 Å². The zero-order chi connectivity index (χ0) is 22.5. The highest BCUT2D eigenvalue weighted by Crippen LogP contribution is 2.39. The minimum Gasteiger partial charge on any atom is -0.421 e. The lowest BCUT2D eigenvalue weighted by Crippen LogP contribution is -2.30. The van der Waals surface area contributed by atoms with Crippen molar-refractivity contribution >= 4 is 45.2 Å². The molecule has 0 aliphatic carbocycles. The fraction of sp³-hybridized carbons (Fsp3) is 0.364. The summed E-state index contributed by atoms with van der Waals surface area (Å²) in [6.45, 7) is 2.77. The number of aromatic nitrogens is 5. The number of hydrogen-bond acceptors (Lipinski definition) is 9. The first-order chi connectivity index (χ1) is 16.1. The van der Waals surface area contributed by atoms with Crippen LogP contribution in [-0.2, 0) is 0 Å². The first kappa shape index (κ1) is 20.4. The fourth-order valence-electron chi connectivity index (χ4n) is 4.89. The summed E-state index contributed by atoms with van der Waals surface area (Å²) in [5.74, 6) is 1.45. The van der Waals surface area contributed by atoms with Crippen LogP contribution in [0.15, 0.2) is 29.7 Å². The van der Waals surface area contributed by atoms with Crippen molar-refractivity contribution in [3.05, 3.63) is 30.3 Å². The molecule has 0 saturated carbocycles. The molecule has 3 N–H and O–H groups in total. The number of aromatic amines is 1. The van der Waals surface area contributed by atoms with Gasteiger partial charge in [0.25, 0.3) is 0 Å². The highest BCUT2D eigenvalue weighted by atomic mass is 32.2. The maximum Gasteiger partial charge on any atom is 0.326 e. The van der Waals surface area contributed by atoms with E-state index in [9.17, 15) is 4.39 Å². The van der Waals surface area contributed by atoms with Crippen LogP contribution in [0.3, 0.4) is 0 Å². The van der Waals surface area contributed by atoms with Crippen molar-refractivity contribution in [1.29, 1.82) is 0 Å². The van der Waals surface area contributed by atoms with Gasteiger partial charge in [-0.05, 0) is 37.3 Å². The molecule has 2 atom stereocenters. The first-order valence-electron chi connectivity index (χ1n) is 10.9. The largest absolute Gasteiger partial charge is 0.421 e. The van der Waals surface area contributed by atoms with E-state index in [1.165, 1.54) is 23.9 Å². The van der Waals surface area contributed by atoms with Crippen LogP contribution in [0, 0.1) is 11.7 Å². The van der Waals surface area contributed by atoms with Crippen LogP contribution in [0.2, 0.25) is 0 Å². The van der Waals surface area contributed by atoms with Gasteiger partial charge in [-0.15, -0.1) is 0 Å². The average molecular weight is 467 g/mol. The molecule has 6 rings (SSSR count). The molecular weight excluding hydrogens is 443 g/mol. The van der Waals surface area contributed by atoms with Gasteiger partial charge in [0.15, 0.2) is 10.9 Å². The Morgan fingerprint density at radius 1 is 1.21 bits per heavy atom. The molecule has 2 saturated heterocycles. The summed E-state index contributed by atoms with van der Waals surface area (Å²) >= 11 is 1.46. The van der Waals surface area contributed by atoms with Gasteiger partial charge >= 0.3 is 6.01 Å². The molecule has 4 aromatic rings. The standard InChI is InChI=1S/C22H23FN8OS/c1-24-15-6-12(23)5-14-17-19(28-18(14)15)29-21(32-13-7-26-22(33-2)27-8-13)30-20(17)31-9-11-3-4-25-16(11)10-31/h5-8,11,16,24-25H,3-4,9-10H2,1-2H3,(H,28,29,30). The second-order valence-corrected chi connectivity index (χ2v) is 9.10. The van der Waals surface area contributed by atoms with Crippen LogP contribution >= 0.6 is 11.8 Å². The zero-order valence-electron chi connectivity index (χ0n) is 18.2. The van der Waals surface area contributed by atoms with Gasteiger partial charge in [-0.25, -0.2) is 14.4 Å². The van der Waals surface area contributed by atoms with Crippen LogP contribution in [0.1, 0.15) is 6.42 Å². The maximum atomic E-state index is 14.5. The van der Waals surface area contributed by atoms with Crippen molar-refractivity contribution in [2.24, 2.45) is 5.92 Å². The summed E-state index contributed by atoms with van der Waals surface area (Å²) in [6, 6.07) is 3.63. The molecule has 0 amide bonds. The molecule has 170 valence electrons. The number of hydrogen-bond donors (Lipinski definition) is 3. The van der Waals surface area contributed by atoms with E-state index >= 15 is 0 Å². The smallest absolute Gasteiger partial charge is 0.326 e. The topological polar surface area (TPSA) is 104 Å². The van der Waals surface area contributed by atoms with Gasteiger partial charge in [-0.2, -0.15) is 9.97 Å². The van der Waals surface area contributed by atoms with Crippen molar-refractivity contribution < 1.29 is 9.13 Å². The molecule has 0 spiro atoms. The third-order valence-corrected chi connectivity index (χ3v) is 6.99. The highest BCUT2D eigenvalue weighted by Gasteiger charge is 2.37. The van der Waals surface area contributed by atoms with Crippen molar-refractivity contribution in [1.82, 2.24) is 30.2 Å². The molecule has 2 aliphatic heterocycles. The number of benzene rings is 1. The number of anilines is 2. The van der Waals surface area contributed by atoms with Crippen LogP contribution in [0.5, 0.6) is 11.8 Å². The summed E-state index contributed by atoms with van der Waals surface area (Å²) in [6.07, 6.45) is 6.27. The van der Waals surface area contributed by atoms with Crippen molar-refractivity contribution in [2.45, 2.75) is 17.6 Å². The first-order valence-corrected chi connectivity index (χ1v) is 12.1. The summed E-state index contributed by atoms with van der Waals surface area (Å²) < 4.78 is 20.4. The van der Waals surface area contributed by atoms with Gasteiger partial charge in [0.05, 0.1) is 29.0 Å². The Kier molecular flexibility index (Phi) is 4.95. The zero-order valence-corrected chi connectivity index (χ0v) is 19.0. The molecule has 5 heterocycles. The van der Waals surface area contributed by atoms with E-state index in [1.54, 1.807) is 19.4 Å². The van der Waals surface area contributed by atoms with E-state index in [0.29, 0.717) is 34.2 Å². The third-order valence-electron chi connectivity index (χ3n) is 6.41. The molecule has 1 aromatic carbocycles. The molecule has 33 heavy (non-hydrogen) atoms. The second-order valence-electron chi connectivity index (χ2n) is 8.33. The Labute approximate surface area is 193 Å². The Balaban J connectivity index is 1.50. The molecule has 2 fully saturated rings. The van der Waals surface area contributed by atoms with Crippen LogP contribution < -0.4 is 20.3 Å². The van der Waals surface area contributed by atoms with Gasteiger partial charge < -0.3 is 25.3 Å². The normalized spacial score (nSPS) is 20.0. The monoisotopic (exact) mass is 466 g/mol. The predicted octanol–water partition coefficient (Wildman–Crippen LogP) is 3.39. The van der Waals surface area contributed by atoms with Gasteiger partial charge in [-0.3, -0.25) is 0 Å². The molecule has 9 nitrogen and oxygen atoms in total. The van der Waals surface area contributed by atoms with Crippen LogP contribution in [-0.4, -0.2) is 63.9 Å². The van der Waals surface area contributed by atoms with Crippen LogP contribution in [0.4, 0.5) is 15.9 Å². The summed E-state index contributed by atoms with van der Waals surface area (Å²) in [4.78, 5) is 23.5. The average Bonchev–Trinajstić information content (AvgIpc) is 3.52. The lowest BCUT2D eigenvalue weighted by Gasteiger charge is -2.20. The number of halogens is 1. The summed E-state index contributed by atoms with van der Waals surface area (Å²) in [5, 5.41) is 8.84. The quantitative estimate of drug-likeness (QED) is 0.302. The minimum atomic E-state index is -0.315. The molecule has 2 aliphatic rings. The molecule has 0 bridgehead atoms. The number of thioether (sulfide) groups is 1. The lowest BCUT2D eigenvalue weighted by molar-refractivity contribution is 0.438. The van der Waals surface area contributed by atoms with Crippen molar-refractivity contribution in [3.63, 3.8) is 0 Å². The van der Waals surface area contributed by atoms with Crippen molar-refractivity contribution in [3.8, 4) is 11.8 Å². The lowest BCUT2D eigenvalue weighted by atomic mass is 10.1. The predicted molar refractivity (Wildman–Crippen MR) is 127 cm³/mol. The Morgan fingerprint density at radius 3 is 2.82 bits per heavy atom. The van der Waals surface area contributed by atoms with Gasteiger partial charge in [0.1, 0.15) is 17.3 Å². The summed E-state index contributed by atoms with van der Waals surface area (Å²) in [7, 11) is 1.77. The van der Waals surface area contributed by atoms with E-state index in [4.69, 9.17) is 9.72 Å². The van der Waals surface area contributed by atoms with Gasteiger partial charge in [0, 0.05) is 31.6 Å². The molecular formula is C22H23FN8OS. The second kappa shape index (κ2) is 7.99. The number of nitrogens with zero attached hydrogens (tertiary/aromatic N) is 5. The molecule has 2 unspecified atom stereocenters. The Morgan fingerprint density at radius 2 is 2.06 bits per heavy atom.